The van der Waals surface area contributed by atoms with E-state index >= 15 is 0 Å². The number of esters is 2. The second-order valence-electron chi connectivity index (χ2n) is 31.1. The first-order chi connectivity index (χ1) is 45.5. The van der Waals surface area contributed by atoms with Crippen LogP contribution in [0.3, 0.4) is 0 Å². The van der Waals surface area contributed by atoms with Gasteiger partial charge in [-0.2, -0.15) is 19.3 Å². The first kappa shape index (κ1) is 82.5. The number of carbonyl (C=O) groups is 2. The van der Waals surface area contributed by atoms with Gasteiger partial charge < -0.3 is 47.2 Å². The van der Waals surface area contributed by atoms with Crippen LogP contribution in [0.2, 0.25) is 51.4 Å². The van der Waals surface area contributed by atoms with E-state index in [2.05, 4.69) is 95.3 Å². The van der Waals surface area contributed by atoms with E-state index in [0.29, 0.717) is 85.8 Å². The van der Waals surface area contributed by atoms with Gasteiger partial charge in [0, 0.05) is 87.3 Å². The maximum atomic E-state index is 13.0. The summed E-state index contributed by atoms with van der Waals surface area (Å²) in [5.74, 6) is 1.47. The van der Waals surface area contributed by atoms with Crippen molar-refractivity contribution in [1.29, 1.82) is 0 Å². The Morgan fingerprint density at radius 3 is 1.34 bits per heavy atom. The van der Waals surface area contributed by atoms with E-state index in [9.17, 15) is 9.59 Å². The van der Waals surface area contributed by atoms with Gasteiger partial charge in [0.15, 0.2) is 0 Å². The summed E-state index contributed by atoms with van der Waals surface area (Å²) in [5.41, 5.74) is 2.64. The number of pyridine rings is 4. The summed E-state index contributed by atoms with van der Waals surface area (Å²) in [6.07, 6.45) is 9.46. The van der Waals surface area contributed by atoms with Crippen LogP contribution in [0.5, 0.6) is 23.8 Å². The molecule has 1 aliphatic rings. The van der Waals surface area contributed by atoms with Crippen molar-refractivity contribution < 1.29 is 56.8 Å². The van der Waals surface area contributed by atoms with Crippen molar-refractivity contribution in [2.24, 2.45) is 10.8 Å². The summed E-state index contributed by atoms with van der Waals surface area (Å²) in [5, 5.41) is 9.11. The average molecular weight is 1460 g/mol. The minimum absolute atomic E-state index is 0.0145. The topological polar surface area (TPSA) is 239 Å². The Morgan fingerprint density at radius 2 is 0.990 bits per heavy atom. The molecule has 6 aromatic rings. The highest BCUT2D eigenvalue weighted by atomic mass is 79.9. The third kappa shape index (κ3) is 24.9. The summed E-state index contributed by atoms with van der Waals surface area (Å²) in [6.45, 7) is 55.5. The molecule has 542 valence electrons. The monoisotopic (exact) mass is 1460 g/mol. The molecular formula is C72H114BBrN10O12Si2. The highest BCUT2D eigenvalue weighted by Gasteiger charge is 2.52. The van der Waals surface area contributed by atoms with E-state index in [1.54, 1.807) is 34.2 Å². The molecule has 0 amide bonds. The highest BCUT2D eigenvalue weighted by molar-refractivity contribution is 9.10. The molecule has 26 heteroatoms. The molecule has 0 bridgehead atoms. The predicted molar refractivity (Wildman–Crippen MR) is 395 cm³/mol. The molecule has 0 atom stereocenters. The van der Waals surface area contributed by atoms with Crippen LogP contribution in [-0.4, -0.2) is 146 Å². The van der Waals surface area contributed by atoms with Crippen LogP contribution in [0.25, 0.3) is 34.2 Å². The van der Waals surface area contributed by atoms with Crippen LogP contribution in [0.1, 0.15) is 161 Å². The van der Waals surface area contributed by atoms with Crippen LogP contribution in [0, 0.1) is 24.7 Å². The van der Waals surface area contributed by atoms with Crippen molar-refractivity contribution in [1.82, 2.24) is 49.5 Å². The maximum absolute atomic E-state index is 13.0. The van der Waals surface area contributed by atoms with E-state index in [0.717, 1.165) is 50.9 Å². The number of halogens is 1. The maximum Gasteiger partial charge on any atom is 0.496 e. The van der Waals surface area contributed by atoms with Crippen molar-refractivity contribution in [3.8, 4) is 57.9 Å². The summed E-state index contributed by atoms with van der Waals surface area (Å²) in [4.78, 5) is 52.9. The zero-order valence-corrected chi connectivity index (χ0v) is 67.3. The van der Waals surface area contributed by atoms with Gasteiger partial charge >= 0.3 is 31.1 Å². The second kappa shape index (κ2) is 34.9. The van der Waals surface area contributed by atoms with Crippen molar-refractivity contribution in [3.63, 3.8) is 0 Å². The lowest BCUT2D eigenvalue weighted by atomic mass is 9.77. The Labute approximate surface area is 595 Å². The van der Waals surface area contributed by atoms with Crippen molar-refractivity contribution in [2.75, 3.05) is 26.4 Å². The number of aromatic nitrogens is 10. The molecule has 1 fully saturated rings. The van der Waals surface area contributed by atoms with E-state index < -0.39 is 56.5 Å². The van der Waals surface area contributed by atoms with Gasteiger partial charge in [-0.3, -0.25) is 19.6 Å². The van der Waals surface area contributed by atoms with Crippen molar-refractivity contribution in [3.05, 3.63) is 76.8 Å². The van der Waals surface area contributed by atoms with E-state index in [4.69, 9.17) is 47.2 Å². The lowest BCUT2D eigenvalue weighted by Crippen LogP contribution is -2.41. The molecule has 98 heavy (non-hydrogen) atoms. The molecular weight excluding hydrogens is 1340 g/mol. The molecule has 0 aromatic carbocycles. The van der Waals surface area contributed by atoms with E-state index in [1.165, 1.54) is 0 Å². The molecule has 7 heterocycles. The Bertz CT molecular complexity index is 3480. The van der Waals surface area contributed by atoms with Crippen LogP contribution in [0.15, 0.2) is 65.7 Å². The zero-order valence-electron chi connectivity index (χ0n) is 63.7. The summed E-state index contributed by atoms with van der Waals surface area (Å²) >= 11 is 3.38. The van der Waals surface area contributed by atoms with Gasteiger partial charge in [0.25, 0.3) is 0 Å². The molecule has 22 nitrogen and oxygen atoms in total. The standard InChI is InChI=1S/C33H51N5O5Si.C23H38BNO5.C16H25BrN4O2Si/c1-12-33(13-2,30(39)43-32(6,7)8)21-41-28-18-24(5)26(20-35-28)25-14-15-27(34-19-25)29-36-31(42-23(3)4)38(37-29)22-40-16-17-44(9,10)11;1-11-23(12-2,19(26)28-20(4,5)6)15-27-18-13-16(3)17(14-25-18)24-29-21(7,8)22(9,10)30-24;1-12(2)23-16-19-15(14-7-6-13(17)10-18-14)20-21(16)11-22-8-9-24(3,4)5/h14-15,18-20,23H,12-13,16-17,21-22H2,1-11H3;13-14H,11-12,15H2,1-10H3;6-7,10,12H,8-9,11H2,1-5H3. The largest absolute Gasteiger partial charge is 0.496 e. The van der Waals surface area contributed by atoms with E-state index in [-0.39, 0.29) is 44.1 Å². The summed E-state index contributed by atoms with van der Waals surface area (Å²) < 4.78 is 63.2. The number of aryl methyl sites for hydroxylation is 2. The molecule has 1 saturated heterocycles. The van der Waals surface area contributed by atoms with Crippen LogP contribution < -0.4 is 24.4 Å². The van der Waals surface area contributed by atoms with Crippen LogP contribution >= 0.6 is 15.9 Å². The minimum Gasteiger partial charge on any atom is -0.476 e. The quantitative estimate of drug-likeness (QED) is 0.0231. The zero-order chi connectivity index (χ0) is 73.4. The van der Waals surface area contributed by atoms with Gasteiger partial charge in [0.05, 0.1) is 23.4 Å². The van der Waals surface area contributed by atoms with Crippen LogP contribution in [0.4, 0.5) is 0 Å². The molecule has 0 aliphatic carbocycles. The van der Waals surface area contributed by atoms with Gasteiger partial charge in [0.1, 0.15) is 60.1 Å². The number of carbonyl (C=O) groups excluding carboxylic acids is 2. The molecule has 0 unspecified atom stereocenters. The minimum atomic E-state index is -1.19. The number of hydrogen-bond donors (Lipinski definition) is 0. The highest BCUT2D eigenvalue weighted by Crippen LogP contribution is 2.38. The molecule has 6 aromatic heterocycles. The fourth-order valence-electron chi connectivity index (χ4n) is 9.44. The first-order valence-electron chi connectivity index (χ1n) is 34.4. The number of rotatable bonds is 30. The number of hydrogen-bond acceptors (Lipinski definition) is 20. The number of ether oxygens (including phenoxy) is 8. The third-order valence-electron chi connectivity index (χ3n) is 16.7. The summed E-state index contributed by atoms with van der Waals surface area (Å²) in [6, 6.07) is 14.5. The first-order valence-corrected chi connectivity index (χ1v) is 42.7. The SMILES string of the molecule is CC(C)Oc1nc(-c2ccc(Br)cn2)nn1COCC[Si](C)(C)C.CCC(CC)(COc1cc(C)c(-c2ccc(-c3nc(OC(C)C)n(COCC[Si](C)(C)C)n3)nc2)cn1)C(=O)OC(C)(C)C.CCC(CC)(COc1cc(C)c(B2OC(C)(C)C(C)(C)O2)cn1)C(=O)OC(C)(C)C. The Kier molecular flexibility index (Phi) is 29.4. The van der Waals surface area contributed by atoms with Gasteiger partial charge in [-0.1, -0.05) is 73.0 Å². The third-order valence-corrected chi connectivity index (χ3v) is 20.6. The molecule has 0 radical (unpaired) electrons. The molecule has 1 aliphatic heterocycles. The number of nitrogens with zero attached hydrogens (tertiary/aromatic N) is 10. The molecule has 0 N–H and O–H groups in total. The van der Waals surface area contributed by atoms with E-state index in [1.807, 2.05) is 175 Å². The van der Waals surface area contributed by atoms with Crippen LogP contribution in [-0.2, 0) is 51.3 Å². The Morgan fingerprint density at radius 1 is 0.582 bits per heavy atom. The smallest absolute Gasteiger partial charge is 0.476 e. The predicted octanol–water partition coefficient (Wildman–Crippen LogP) is 15.8. The van der Waals surface area contributed by atoms with Gasteiger partial charge in [-0.05, 0) is 194 Å². The molecule has 7 rings (SSSR count). The second-order valence-corrected chi connectivity index (χ2v) is 43.3. The van der Waals surface area contributed by atoms with Gasteiger partial charge in [0.2, 0.25) is 23.4 Å². The normalized spacial score (nSPS) is 14.2. The summed E-state index contributed by atoms with van der Waals surface area (Å²) in [7, 11) is -2.76. The fourth-order valence-corrected chi connectivity index (χ4v) is 11.2. The average Bonchev–Trinajstić information content (AvgIpc) is 1.60. The molecule has 0 spiro atoms. The van der Waals surface area contributed by atoms with Gasteiger partial charge in [-0.25, -0.2) is 9.97 Å². The Balaban J connectivity index is 0.000000280. The lowest BCUT2D eigenvalue weighted by Gasteiger charge is -2.32. The van der Waals surface area contributed by atoms with Crippen molar-refractivity contribution >= 4 is 56.6 Å². The fraction of sp³-hybridized carbons (Fsp3) is 0.639. The van der Waals surface area contributed by atoms with Crippen molar-refractivity contribution in [2.45, 2.75) is 264 Å². The Hall–Kier alpha value is -6.16. The van der Waals surface area contributed by atoms with Gasteiger partial charge in [-0.15, -0.1) is 10.2 Å². The molecule has 0 saturated carbocycles. The lowest BCUT2D eigenvalue weighted by molar-refractivity contribution is -0.171.